The first kappa shape index (κ1) is 103. The molecule has 1 aliphatic rings. The summed E-state index contributed by atoms with van der Waals surface area (Å²) in [4.78, 5) is 16.6. The maximum Gasteiger partial charge on any atom is 0.321 e. The van der Waals surface area contributed by atoms with Gasteiger partial charge in [0.25, 0.3) is 0 Å². The van der Waals surface area contributed by atoms with E-state index < -0.39 is 5.54 Å². The molecule has 0 aliphatic carbocycles. The van der Waals surface area contributed by atoms with Crippen molar-refractivity contribution in [2.24, 2.45) is 17.8 Å². The third-order valence-electron chi connectivity index (χ3n) is 14.7. The second-order valence-corrected chi connectivity index (χ2v) is 25.3. The lowest BCUT2D eigenvalue weighted by molar-refractivity contribution is -0.136. The number of hydrogen-bond donors (Lipinski definition) is 1. The molecule has 6 aromatic carbocycles. The second-order valence-electron chi connectivity index (χ2n) is 25.3. The van der Waals surface area contributed by atoms with Crippen molar-refractivity contribution < 1.29 is 9.53 Å². The summed E-state index contributed by atoms with van der Waals surface area (Å²) in [6.45, 7) is 32.3. The SMILES string of the molecule is CC#CC#CC#CC#CC#CC#CC#CC#CC#CC#CC#CC#CC#CC#CC#CC#CC#CC#CC#CC#CC#CC#CC#CC#CC#CC#CC#CC#CC#CC.CC(C)C.CC(C)CC(C)C.CCN(CC)C(c1ccccc1)(c1ccccc1)c1ccccc1.CCNCC.O=C1CN(C(c2ccccc2)(c2ccccc2)c2ccccc2)CO1. The van der Waals surface area contributed by atoms with E-state index in [1.807, 2.05) is 54.6 Å². The third kappa shape index (κ3) is 48.3. The number of nitrogens with one attached hydrogen (secondary N) is 1. The molecule has 0 aromatic heterocycles. The largest absolute Gasteiger partial charge is 0.448 e. The minimum atomic E-state index is -0.573. The summed E-state index contributed by atoms with van der Waals surface area (Å²) in [5.74, 6) is 148. The first-order valence-electron chi connectivity index (χ1n) is 39.4. The Bertz CT molecular complexity index is 6200. The van der Waals surface area contributed by atoms with Gasteiger partial charge in [-0.15, -0.1) is 0 Å². The Hall–Kier alpha value is -18.1. The zero-order chi connectivity index (χ0) is 90.5. The van der Waals surface area contributed by atoms with Crippen LogP contribution in [0.2, 0.25) is 0 Å². The number of nitrogens with zero attached hydrogens (tertiary/aromatic N) is 2. The fourth-order valence-corrected chi connectivity index (χ4v) is 10.5. The standard InChI is InChI=1S/C60H6.C23H25N.C22H19NO2.C7H16.C4H11N.C4H10/c1-3-5-7-9-11-13-15-17-19-21-23-25-27-29-31-33-35-37-39-41-43-45-47-49-51-53-55-57-59-60-58-56-54-52-50-48-46-44-42-40-38-36-34-32-30-28-26-24-22-20-18-16-14-12-10-8-6-4-2;1-3-24(4-2)23(20-14-8-5-9-15-20,21-16-10-6-11-17-21)22-18-12-7-13-19-22;24-21-16-23(17-25-21)22(18-10-4-1-5-11-18,19-12-6-2-7-13-19)20-14-8-3-9-15-20;1-6(2)5-7(3)4;1-3-5-4-2;1-4(2)3/h1-2H3;5-19H,3-4H2,1-2H3;1-15H,16-17H2;6-7H,5H2,1-4H3;5H,3-4H2,1-2H3;4H,1-3H3. The van der Waals surface area contributed by atoms with Gasteiger partial charge in [-0.05, 0) is 192 Å². The molecule has 0 amide bonds. The zero-order valence-corrected chi connectivity index (χ0v) is 72.7. The van der Waals surface area contributed by atoms with E-state index in [0.29, 0.717) is 0 Å². The molecule has 7 rings (SSSR count). The average Bonchev–Trinajstić information content (AvgIpc) is 1.63. The number of rotatable bonds is 14. The minimum absolute atomic E-state index is 0.188. The summed E-state index contributed by atoms with van der Waals surface area (Å²) >= 11 is 0. The summed E-state index contributed by atoms with van der Waals surface area (Å²) in [5, 5.41) is 3.11. The monoisotopic (exact) mass is 1600 g/mol. The number of carbonyl (C=O) groups excluding carboxylic acids is 1. The fourth-order valence-electron chi connectivity index (χ4n) is 10.5. The van der Waals surface area contributed by atoms with Crippen LogP contribution in [0.1, 0.15) is 130 Å². The lowest BCUT2D eigenvalue weighted by atomic mass is 9.75. The predicted molar refractivity (Wildman–Crippen MR) is 515 cm³/mol. The van der Waals surface area contributed by atoms with Crippen LogP contribution >= 0.6 is 0 Å². The van der Waals surface area contributed by atoms with Gasteiger partial charge in [0.15, 0.2) is 0 Å². The van der Waals surface area contributed by atoms with Gasteiger partial charge in [-0.25, -0.2) is 4.90 Å². The van der Waals surface area contributed by atoms with Crippen molar-refractivity contribution in [3.63, 3.8) is 0 Å². The van der Waals surface area contributed by atoms with Gasteiger partial charge in [0.2, 0.25) is 0 Å². The van der Waals surface area contributed by atoms with E-state index in [-0.39, 0.29) is 24.8 Å². The average molecular weight is 1600 g/mol. The van der Waals surface area contributed by atoms with Crippen molar-refractivity contribution >= 4 is 5.97 Å². The molecule has 1 fully saturated rings. The maximum absolute atomic E-state index is 11.9. The molecule has 1 N–H and O–H groups in total. The van der Waals surface area contributed by atoms with E-state index in [4.69, 9.17) is 4.74 Å². The molecule has 0 saturated carbocycles. The highest BCUT2D eigenvalue weighted by atomic mass is 16.6. The molecule has 5 nitrogen and oxygen atoms in total. The van der Waals surface area contributed by atoms with Crippen LogP contribution < -0.4 is 5.32 Å². The Labute approximate surface area is 749 Å². The van der Waals surface area contributed by atoms with Crippen LogP contribution in [0.25, 0.3) is 0 Å². The van der Waals surface area contributed by atoms with Crippen molar-refractivity contribution in [3.05, 3.63) is 215 Å². The number of ether oxygens (including phenoxy) is 1. The van der Waals surface area contributed by atoms with Gasteiger partial charge in [-0.2, -0.15) is 0 Å². The molecule has 6 aromatic rings. The first-order valence-corrected chi connectivity index (χ1v) is 39.4. The highest BCUT2D eigenvalue weighted by Crippen LogP contribution is 2.44. The van der Waals surface area contributed by atoms with Crippen LogP contribution in [-0.2, 0) is 20.6 Å². The topological polar surface area (TPSA) is 44.8 Å². The first-order chi connectivity index (χ1) is 61.3. The molecule has 125 heavy (non-hydrogen) atoms. The van der Waals surface area contributed by atoms with Crippen molar-refractivity contribution in [1.29, 1.82) is 0 Å². The normalized spacial score (nSPS) is 8.41. The number of hydrogen-bond acceptors (Lipinski definition) is 5. The molecule has 0 bridgehead atoms. The van der Waals surface area contributed by atoms with Crippen LogP contribution in [-0.4, -0.2) is 55.2 Å². The molecule has 1 saturated heterocycles. The molecule has 0 unspecified atom stereocenters. The summed E-state index contributed by atoms with van der Waals surface area (Å²) in [6.07, 6.45) is 1.36. The van der Waals surface area contributed by atoms with E-state index in [2.05, 4.69) is 562 Å². The lowest BCUT2D eigenvalue weighted by Gasteiger charge is -2.45. The molecular weight excluding hydrogens is 1520 g/mol. The van der Waals surface area contributed by atoms with Gasteiger partial charge in [0.1, 0.15) is 18.8 Å². The molecule has 594 valence electrons. The van der Waals surface area contributed by atoms with Crippen molar-refractivity contribution in [2.75, 3.05) is 39.5 Å². The maximum atomic E-state index is 11.9. The van der Waals surface area contributed by atoms with E-state index in [1.165, 1.54) is 23.1 Å². The minimum Gasteiger partial charge on any atom is -0.448 e. The van der Waals surface area contributed by atoms with Crippen LogP contribution in [0.3, 0.4) is 0 Å². The summed E-state index contributed by atoms with van der Waals surface area (Å²) < 4.78 is 5.32. The lowest BCUT2D eigenvalue weighted by Crippen LogP contribution is -2.48. The van der Waals surface area contributed by atoms with E-state index in [0.717, 1.165) is 60.6 Å². The summed E-state index contributed by atoms with van der Waals surface area (Å²) in [7, 11) is 0. The molecular formula is C120H87N3O2. The Morgan fingerprint density at radius 1 is 0.288 bits per heavy atom. The van der Waals surface area contributed by atoms with Crippen molar-refractivity contribution in [3.8, 4) is 343 Å². The van der Waals surface area contributed by atoms with Gasteiger partial charge < -0.3 is 10.1 Å². The Morgan fingerprint density at radius 2 is 0.456 bits per heavy atom. The van der Waals surface area contributed by atoms with E-state index in [9.17, 15) is 4.79 Å². The number of carbonyl (C=O) groups is 1. The van der Waals surface area contributed by atoms with E-state index in [1.54, 1.807) is 13.8 Å². The van der Waals surface area contributed by atoms with Crippen molar-refractivity contribution in [1.82, 2.24) is 15.1 Å². The Kier molecular flexibility index (Phi) is 59.6. The molecule has 1 aliphatic heterocycles. The highest BCUT2D eigenvalue weighted by molar-refractivity contribution is 5.74. The molecule has 1 heterocycles. The van der Waals surface area contributed by atoms with Gasteiger partial charge in [-0.3, -0.25) is 9.69 Å². The smallest absolute Gasteiger partial charge is 0.321 e. The quantitative estimate of drug-likeness (QED) is 0.0669. The fraction of sp³-hybridized carbons (Fsp3) is 0.208. The summed E-state index contributed by atoms with van der Waals surface area (Å²) in [6, 6.07) is 63.5. The van der Waals surface area contributed by atoms with Crippen molar-refractivity contribution in [2.45, 2.75) is 108 Å². The molecule has 0 radical (unpaired) electrons. The number of esters is 1. The van der Waals surface area contributed by atoms with Gasteiger partial charge in [0, 0.05) is 237 Å². The zero-order valence-electron chi connectivity index (χ0n) is 72.7. The number of cyclic esters (lactones) is 1. The molecule has 0 spiro atoms. The Morgan fingerprint density at radius 3 is 0.576 bits per heavy atom. The van der Waals surface area contributed by atoms with Crippen LogP contribution in [0, 0.1) is 361 Å². The van der Waals surface area contributed by atoms with Crippen LogP contribution in [0.5, 0.6) is 0 Å². The highest BCUT2D eigenvalue weighted by Gasteiger charge is 2.46. The number of benzene rings is 6. The third-order valence-corrected chi connectivity index (χ3v) is 14.7. The Balaban J connectivity index is 0.000000653. The van der Waals surface area contributed by atoms with Gasteiger partial charge >= 0.3 is 5.97 Å². The molecule has 5 heteroatoms. The summed E-state index contributed by atoms with van der Waals surface area (Å²) in [5.41, 5.74) is 6.44. The van der Waals surface area contributed by atoms with Crippen LogP contribution in [0.15, 0.2) is 182 Å². The predicted octanol–water partition coefficient (Wildman–Crippen LogP) is 15.2. The van der Waals surface area contributed by atoms with Crippen LogP contribution in [0.4, 0.5) is 0 Å². The molecule has 0 atom stereocenters. The van der Waals surface area contributed by atoms with E-state index >= 15 is 0 Å². The second kappa shape index (κ2) is 72.4. The van der Waals surface area contributed by atoms with Gasteiger partial charge in [-0.1, -0.05) is 270 Å². The van der Waals surface area contributed by atoms with Gasteiger partial charge in [0.05, 0.1) is 5.54 Å².